The molecule has 1 heterocycles. The number of halogens is 1. The maximum Gasteiger partial charge on any atom is 0.191 e. The molecule has 1 aliphatic carbocycles. The molecular weight excluding hydrogens is 493 g/mol. The van der Waals surface area contributed by atoms with Crippen molar-refractivity contribution in [1.82, 2.24) is 20.4 Å². The van der Waals surface area contributed by atoms with E-state index in [2.05, 4.69) is 33.7 Å². The van der Waals surface area contributed by atoms with Crippen molar-refractivity contribution in [3.63, 3.8) is 0 Å². The van der Waals surface area contributed by atoms with Gasteiger partial charge >= 0.3 is 0 Å². The van der Waals surface area contributed by atoms with Crippen LogP contribution in [0.2, 0.25) is 0 Å². The fraction of sp³-hybridized carbons (Fsp3) is 0.545. The molecule has 166 valence electrons. The van der Waals surface area contributed by atoms with E-state index in [0.717, 1.165) is 47.3 Å². The lowest BCUT2D eigenvalue weighted by molar-refractivity contribution is 0.198. The van der Waals surface area contributed by atoms with Crippen molar-refractivity contribution in [1.29, 1.82) is 0 Å². The van der Waals surface area contributed by atoms with E-state index in [1.165, 1.54) is 18.4 Å². The van der Waals surface area contributed by atoms with Crippen LogP contribution in [0.1, 0.15) is 48.2 Å². The molecular formula is C22H34IN5O2. The van der Waals surface area contributed by atoms with Crippen LogP contribution >= 0.6 is 24.0 Å². The van der Waals surface area contributed by atoms with Gasteiger partial charge in [0.2, 0.25) is 0 Å². The van der Waals surface area contributed by atoms with Crippen molar-refractivity contribution in [3.05, 3.63) is 40.7 Å². The van der Waals surface area contributed by atoms with Crippen LogP contribution in [0.5, 0.6) is 11.5 Å². The molecule has 30 heavy (non-hydrogen) atoms. The first kappa shape index (κ1) is 24.3. The van der Waals surface area contributed by atoms with Gasteiger partial charge < -0.3 is 20.1 Å². The molecule has 0 radical (unpaired) electrons. The number of benzene rings is 1. The summed E-state index contributed by atoms with van der Waals surface area (Å²) in [5.74, 6) is 2.35. The molecule has 0 atom stereocenters. The summed E-state index contributed by atoms with van der Waals surface area (Å²) in [4.78, 5) is 4.36. The van der Waals surface area contributed by atoms with Crippen LogP contribution in [0.15, 0.2) is 23.2 Å². The van der Waals surface area contributed by atoms with Gasteiger partial charge in [0.05, 0.1) is 18.9 Å². The highest BCUT2D eigenvalue weighted by Gasteiger charge is 2.20. The third kappa shape index (κ3) is 5.80. The second-order valence-electron chi connectivity index (χ2n) is 7.53. The van der Waals surface area contributed by atoms with E-state index in [-0.39, 0.29) is 30.1 Å². The van der Waals surface area contributed by atoms with Gasteiger partial charge in [-0.15, -0.1) is 24.0 Å². The number of nitrogens with one attached hydrogen (secondary N) is 2. The number of para-hydroxylation sites is 1. The average Bonchev–Trinajstić information content (AvgIpc) is 3.31. The third-order valence-corrected chi connectivity index (χ3v) is 5.63. The monoisotopic (exact) mass is 527 g/mol. The van der Waals surface area contributed by atoms with E-state index in [9.17, 15) is 0 Å². The zero-order valence-electron chi connectivity index (χ0n) is 18.6. The van der Waals surface area contributed by atoms with Gasteiger partial charge in [-0.3, -0.25) is 9.67 Å². The average molecular weight is 527 g/mol. The lowest BCUT2D eigenvalue weighted by Crippen LogP contribution is -2.36. The maximum absolute atomic E-state index is 6.32. The Morgan fingerprint density at radius 3 is 2.50 bits per heavy atom. The van der Waals surface area contributed by atoms with Gasteiger partial charge in [0.15, 0.2) is 17.5 Å². The summed E-state index contributed by atoms with van der Waals surface area (Å²) >= 11 is 0. The molecule has 0 unspecified atom stereocenters. The van der Waals surface area contributed by atoms with Crippen LogP contribution < -0.4 is 20.1 Å². The van der Waals surface area contributed by atoms with Crippen molar-refractivity contribution in [3.8, 4) is 11.5 Å². The lowest BCUT2D eigenvalue weighted by Gasteiger charge is -2.20. The van der Waals surface area contributed by atoms with E-state index < -0.39 is 0 Å². The van der Waals surface area contributed by atoms with Crippen LogP contribution in [0.4, 0.5) is 0 Å². The molecule has 2 aromatic rings. The Morgan fingerprint density at radius 2 is 1.90 bits per heavy atom. The normalized spacial score (nSPS) is 14.4. The van der Waals surface area contributed by atoms with Crippen molar-refractivity contribution in [2.24, 2.45) is 12.0 Å². The largest absolute Gasteiger partial charge is 0.493 e. The first-order valence-corrected chi connectivity index (χ1v) is 10.3. The van der Waals surface area contributed by atoms with Crippen LogP contribution in [0, 0.1) is 13.8 Å². The van der Waals surface area contributed by atoms with Crippen molar-refractivity contribution in [2.75, 3.05) is 14.2 Å². The fourth-order valence-electron chi connectivity index (χ4n) is 3.81. The van der Waals surface area contributed by atoms with E-state index >= 15 is 0 Å². The molecule has 0 spiro atoms. The summed E-state index contributed by atoms with van der Waals surface area (Å²) in [6.07, 6.45) is 4.96. The van der Waals surface area contributed by atoms with Gasteiger partial charge in [0.1, 0.15) is 0 Å². The molecule has 7 nitrogen and oxygen atoms in total. The Kier molecular flexibility index (Phi) is 9.26. The quantitative estimate of drug-likeness (QED) is 0.325. The zero-order chi connectivity index (χ0) is 20.8. The van der Waals surface area contributed by atoms with Gasteiger partial charge in [-0.1, -0.05) is 12.1 Å². The van der Waals surface area contributed by atoms with E-state index in [0.29, 0.717) is 13.1 Å². The minimum absolute atomic E-state index is 0. The molecule has 0 aliphatic heterocycles. The Bertz CT molecular complexity index is 859. The molecule has 0 bridgehead atoms. The summed E-state index contributed by atoms with van der Waals surface area (Å²) < 4.78 is 13.8. The molecule has 1 saturated carbocycles. The number of ether oxygens (including phenoxy) is 2. The van der Waals surface area contributed by atoms with Gasteiger partial charge in [-0.2, -0.15) is 5.10 Å². The van der Waals surface area contributed by atoms with Gasteiger partial charge in [-0.25, -0.2) is 0 Å². The molecule has 1 aromatic carbocycles. The van der Waals surface area contributed by atoms with Gasteiger partial charge in [0, 0.05) is 44.0 Å². The highest BCUT2D eigenvalue weighted by molar-refractivity contribution is 14.0. The van der Waals surface area contributed by atoms with E-state index in [4.69, 9.17) is 9.47 Å². The number of aromatic nitrogens is 2. The summed E-state index contributed by atoms with van der Waals surface area (Å²) in [6, 6.07) is 6.02. The minimum Gasteiger partial charge on any atom is -0.493 e. The smallest absolute Gasteiger partial charge is 0.191 e. The van der Waals surface area contributed by atoms with Gasteiger partial charge in [0.25, 0.3) is 0 Å². The zero-order valence-corrected chi connectivity index (χ0v) is 20.9. The van der Waals surface area contributed by atoms with Crippen LogP contribution in [-0.2, 0) is 20.1 Å². The predicted molar refractivity (Wildman–Crippen MR) is 131 cm³/mol. The molecule has 1 fully saturated rings. The summed E-state index contributed by atoms with van der Waals surface area (Å²) in [5, 5.41) is 11.3. The molecule has 2 N–H and O–H groups in total. The van der Waals surface area contributed by atoms with Crippen LogP contribution in [-0.4, -0.2) is 36.0 Å². The first-order valence-electron chi connectivity index (χ1n) is 10.3. The predicted octanol–water partition coefficient (Wildman–Crippen LogP) is 3.85. The number of aryl methyl sites for hydroxylation is 2. The second-order valence-corrected chi connectivity index (χ2v) is 7.53. The SMILES string of the molecule is CN=C(NCc1cccc(OC)c1OC1CCCC1)NCc1c(C)nn(C)c1C.I. The Labute approximate surface area is 196 Å². The minimum atomic E-state index is 0. The third-order valence-electron chi connectivity index (χ3n) is 5.63. The highest BCUT2D eigenvalue weighted by Crippen LogP contribution is 2.34. The standard InChI is InChI=1S/C22H33N5O2.HI/c1-15-19(16(2)27(4)26-15)14-25-22(23-3)24-13-17-9-8-12-20(28-5)21(17)29-18-10-6-7-11-18;/h8-9,12,18H,6-7,10-11,13-14H2,1-5H3,(H2,23,24,25);1H. The number of hydrogen-bond donors (Lipinski definition) is 2. The number of rotatable bonds is 7. The van der Waals surface area contributed by atoms with Crippen molar-refractivity contribution >= 4 is 29.9 Å². The number of methoxy groups -OCH3 is 1. The molecule has 3 rings (SSSR count). The lowest BCUT2D eigenvalue weighted by atomic mass is 10.1. The molecule has 1 aromatic heterocycles. The summed E-state index contributed by atoms with van der Waals surface area (Å²) in [7, 11) is 5.43. The molecule has 8 heteroatoms. The Balaban J connectivity index is 0.00000320. The van der Waals surface area contributed by atoms with E-state index in [1.54, 1.807) is 14.2 Å². The Hall–Kier alpha value is -1.97. The van der Waals surface area contributed by atoms with Gasteiger partial charge in [-0.05, 0) is 45.6 Å². The summed E-state index contributed by atoms with van der Waals surface area (Å²) in [5.41, 5.74) is 4.45. The topological polar surface area (TPSA) is 72.7 Å². The van der Waals surface area contributed by atoms with Crippen molar-refractivity contribution < 1.29 is 9.47 Å². The number of guanidine groups is 1. The molecule has 0 saturated heterocycles. The first-order chi connectivity index (χ1) is 14.0. The fourth-order valence-corrected chi connectivity index (χ4v) is 3.81. The number of nitrogens with zero attached hydrogens (tertiary/aromatic N) is 3. The van der Waals surface area contributed by atoms with Crippen LogP contribution in [0.3, 0.4) is 0 Å². The van der Waals surface area contributed by atoms with E-state index in [1.807, 2.05) is 30.8 Å². The Morgan fingerprint density at radius 1 is 1.20 bits per heavy atom. The number of hydrogen-bond acceptors (Lipinski definition) is 4. The highest BCUT2D eigenvalue weighted by atomic mass is 127. The molecule has 0 amide bonds. The second kappa shape index (κ2) is 11.4. The molecule has 1 aliphatic rings. The maximum atomic E-state index is 6.32. The number of aliphatic imine (C=N–C) groups is 1. The summed E-state index contributed by atoms with van der Waals surface area (Å²) in [6.45, 7) is 5.39. The van der Waals surface area contributed by atoms with Crippen LogP contribution in [0.25, 0.3) is 0 Å². The van der Waals surface area contributed by atoms with Crippen molar-refractivity contribution in [2.45, 2.75) is 58.7 Å².